The molecule has 0 amide bonds. The van der Waals surface area contributed by atoms with Crippen LogP contribution in [-0.2, 0) is 0 Å². The van der Waals surface area contributed by atoms with E-state index in [-0.39, 0.29) is 0 Å². The Bertz CT molecular complexity index is 225. The molecule has 1 aromatic heterocycles. The lowest BCUT2D eigenvalue weighted by atomic mass is 10.3. The fraction of sp³-hybridized carbons (Fsp3) is 0.143. The van der Waals surface area contributed by atoms with Gasteiger partial charge in [0.05, 0.1) is 0 Å². The molecule has 9 heavy (non-hydrogen) atoms. The summed E-state index contributed by atoms with van der Waals surface area (Å²) in [4.78, 5) is 1.32. The van der Waals surface area contributed by atoms with Gasteiger partial charge in [0.1, 0.15) is 0 Å². The normalized spacial score (nSPS) is 9.56. The van der Waals surface area contributed by atoms with Crippen molar-refractivity contribution in [3.8, 4) is 0 Å². The van der Waals surface area contributed by atoms with Crippen molar-refractivity contribution >= 4 is 39.5 Å². The molecule has 1 heterocycles. The van der Waals surface area contributed by atoms with Crippen molar-refractivity contribution in [3.63, 3.8) is 0 Å². The van der Waals surface area contributed by atoms with Crippen molar-refractivity contribution in [2.24, 2.45) is 0 Å². The van der Waals surface area contributed by atoms with Crippen molar-refractivity contribution < 1.29 is 0 Å². The van der Waals surface area contributed by atoms with Gasteiger partial charge in [0.25, 0.3) is 0 Å². The van der Waals surface area contributed by atoms with E-state index in [1.165, 1.54) is 8.45 Å². The zero-order chi connectivity index (χ0) is 6.85. The second-order valence-electron chi connectivity index (χ2n) is 1.88. The highest BCUT2D eigenvalue weighted by molar-refractivity contribution is 14.1. The van der Waals surface area contributed by atoms with Gasteiger partial charge in [0.2, 0.25) is 0 Å². The highest BCUT2D eigenvalue weighted by Crippen LogP contribution is 2.24. The molecule has 0 fully saturated rings. The predicted molar refractivity (Wildman–Crippen MR) is 51.7 cm³/mol. The van der Waals surface area contributed by atoms with Crippen LogP contribution in [0.15, 0.2) is 18.0 Å². The van der Waals surface area contributed by atoms with Gasteiger partial charge in [-0.2, -0.15) is 0 Å². The van der Waals surface area contributed by atoms with Crippen molar-refractivity contribution in [1.29, 1.82) is 0 Å². The van der Waals surface area contributed by atoms with Crippen LogP contribution < -0.4 is 0 Å². The zero-order valence-electron chi connectivity index (χ0n) is 5.15. The molecule has 0 radical (unpaired) electrons. The van der Waals surface area contributed by atoms with E-state index in [4.69, 9.17) is 0 Å². The fourth-order valence-electron chi connectivity index (χ4n) is 0.598. The maximum atomic E-state index is 3.86. The van der Waals surface area contributed by atoms with Crippen LogP contribution in [0.2, 0.25) is 0 Å². The van der Waals surface area contributed by atoms with E-state index in [2.05, 4.69) is 40.6 Å². The van der Waals surface area contributed by atoms with Crippen LogP contribution in [0.25, 0.3) is 5.57 Å². The monoisotopic (exact) mass is 250 g/mol. The Balaban J connectivity index is 3.08. The number of halogens is 1. The quantitative estimate of drug-likeness (QED) is 0.670. The minimum absolute atomic E-state index is 1.16. The van der Waals surface area contributed by atoms with Gasteiger partial charge >= 0.3 is 0 Å². The van der Waals surface area contributed by atoms with Crippen LogP contribution >= 0.6 is 33.9 Å². The molecule has 0 saturated heterocycles. The molecule has 1 rings (SSSR count). The van der Waals surface area contributed by atoms with Crippen LogP contribution in [0.5, 0.6) is 0 Å². The van der Waals surface area contributed by atoms with Crippen molar-refractivity contribution in [2.75, 3.05) is 0 Å². The molecule has 0 aliphatic heterocycles. The van der Waals surface area contributed by atoms with E-state index in [1.807, 2.05) is 6.92 Å². The number of thiophene rings is 1. The largest absolute Gasteiger partial charge is 0.143 e. The first-order valence-corrected chi connectivity index (χ1v) is 4.56. The Kier molecular flexibility index (Phi) is 2.29. The Hall–Kier alpha value is 0.170. The number of allylic oxidation sites excluding steroid dienone is 1. The van der Waals surface area contributed by atoms with E-state index in [0.29, 0.717) is 0 Å². The molecular formula is C7H7IS. The van der Waals surface area contributed by atoms with Gasteiger partial charge in [-0.1, -0.05) is 6.58 Å². The molecule has 0 spiro atoms. The third-order valence-corrected chi connectivity index (χ3v) is 3.35. The molecule has 0 saturated carbocycles. The molecule has 0 unspecified atom stereocenters. The molecule has 48 valence electrons. The molecule has 0 atom stereocenters. The second-order valence-corrected chi connectivity index (χ2v) is 3.96. The minimum Gasteiger partial charge on any atom is -0.143 e. The summed E-state index contributed by atoms with van der Waals surface area (Å²) in [6.45, 7) is 5.90. The number of rotatable bonds is 1. The molecule has 0 nitrogen and oxygen atoms in total. The van der Waals surface area contributed by atoms with Crippen molar-refractivity contribution in [2.45, 2.75) is 6.92 Å². The second kappa shape index (κ2) is 2.84. The Morgan fingerprint density at radius 2 is 2.44 bits per heavy atom. The lowest BCUT2D eigenvalue weighted by Gasteiger charge is -1.91. The van der Waals surface area contributed by atoms with Gasteiger partial charge < -0.3 is 0 Å². The van der Waals surface area contributed by atoms with E-state index in [1.54, 1.807) is 11.3 Å². The highest BCUT2D eigenvalue weighted by atomic mass is 127. The molecule has 0 aliphatic carbocycles. The van der Waals surface area contributed by atoms with Crippen molar-refractivity contribution in [1.82, 2.24) is 0 Å². The van der Waals surface area contributed by atoms with Gasteiger partial charge in [0.15, 0.2) is 0 Å². The summed E-state index contributed by atoms with van der Waals surface area (Å²) in [5, 5.41) is 2.09. The van der Waals surface area contributed by atoms with Crippen LogP contribution in [0.3, 0.4) is 0 Å². The maximum Gasteiger partial charge on any atom is 0.0427 e. The van der Waals surface area contributed by atoms with Crippen LogP contribution in [0.1, 0.15) is 11.8 Å². The first kappa shape index (κ1) is 7.28. The number of hydrogen-bond donors (Lipinski definition) is 0. The molecule has 2 heteroatoms. The van der Waals surface area contributed by atoms with Crippen LogP contribution in [0, 0.1) is 3.57 Å². The molecule has 0 N–H and O–H groups in total. The SMILES string of the molecule is C=C(C)c1sccc1I. The predicted octanol–water partition coefficient (Wildman–Crippen LogP) is 3.39. The summed E-state index contributed by atoms with van der Waals surface area (Å²) < 4.78 is 1.31. The average molecular weight is 250 g/mol. The molecule has 0 aromatic carbocycles. The lowest BCUT2D eigenvalue weighted by Crippen LogP contribution is -1.70. The van der Waals surface area contributed by atoms with Gasteiger partial charge in [-0.3, -0.25) is 0 Å². The Morgan fingerprint density at radius 1 is 1.78 bits per heavy atom. The number of hydrogen-bond acceptors (Lipinski definition) is 1. The zero-order valence-corrected chi connectivity index (χ0v) is 8.12. The maximum absolute atomic E-state index is 3.86. The van der Waals surface area contributed by atoms with E-state index in [0.717, 1.165) is 5.57 Å². The van der Waals surface area contributed by atoms with Crippen molar-refractivity contribution in [3.05, 3.63) is 26.5 Å². The third kappa shape index (κ3) is 1.55. The van der Waals surface area contributed by atoms with Gasteiger partial charge in [-0.15, -0.1) is 11.3 Å². The van der Waals surface area contributed by atoms with E-state index >= 15 is 0 Å². The molecule has 1 aromatic rings. The molecular weight excluding hydrogens is 243 g/mol. The van der Waals surface area contributed by atoms with Gasteiger partial charge in [-0.25, -0.2) is 0 Å². The average Bonchev–Trinajstić information content (AvgIpc) is 2.13. The Morgan fingerprint density at radius 3 is 2.67 bits per heavy atom. The van der Waals surface area contributed by atoms with Gasteiger partial charge in [-0.05, 0) is 46.5 Å². The standard InChI is InChI=1S/C7H7IS/c1-5(2)7-6(8)3-4-9-7/h3-4H,1H2,2H3. The summed E-state index contributed by atoms with van der Waals surface area (Å²) in [5.74, 6) is 0. The van der Waals surface area contributed by atoms with E-state index in [9.17, 15) is 0 Å². The third-order valence-electron chi connectivity index (χ3n) is 1.00. The topological polar surface area (TPSA) is 0 Å². The highest BCUT2D eigenvalue weighted by Gasteiger charge is 1.98. The first-order chi connectivity index (χ1) is 4.22. The fourth-order valence-corrected chi connectivity index (χ4v) is 2.59. The first-order valence-electron chi connectivity index (χ1n) is 2.60. The summed E-state index contributed by atoms with van der Waals surface area (Å²) in [6, 6.07) is 2.11. The summed E-state index contributed by atoms with van der Waals surface area (Å²) in [6.07, 6.45) is 0. The summed E-state index contributed by atoms with van der Waals surface area (Å²) in [7, 11) is 0. The molecule has 0 bridgehead atoms. The molecule has 0 aliphatic rings. The lowest BCUT2D eigenvalue weighted by molar-refractivity contribution is 1.70. The van der Waals surface area contributed by atoms with E-state index < -0.39 is 0 Å². The summed E-state index contributed by atoms with van der Waals surface area (Å²) in [5.41, 5.74) is 1.16. The van der Waals surface area contributed by atoms with Crippen LogP contribution in [0.4, 0.5) is 0 Å². The minimum atomic E-state index is 1.16. The smallest absolute Gasteiger partial charge is 0.0427 e. The van der Waals surface area contributed by atoms with Gasteiger partial charge in [0, 0.05) is 8.45 Å². The van der Waals surface area contributed by atoms with Crippen LogP contribution in [-0.4, -0.2) is 0 Å². The summed E-state index contributed by atoms with van der Waals surface area (Å²) >= 11 is 4.07. The Labute approximate surface area is 72.7 Å².